The molecular formula is C41H62N2O7SSi. The van der Waals surface area contributed by atoms with Crippen LogP contribution in [0.25, 0.3) is 0 Å². The number of carbonyl (C=O) groups is 3. The molecule has 1 unspecified atom stereocenters. The number of β-lactam (4-membered cyclic amide) rings is 1. The van der Waals surface area contributed by atoms with Crippen molar-refractivity contribution in [2.75, 3.05) is 13.2 Å². The van der Waals surface area contributed by atoms with E-state index in [1.165, 1.54) is 22.2 Å². The normalized spacial score (nSPS) is 22.5. The number of nitrogens with one attached hydrogen (secondary N) is 1. The van der Waals surface area contributed by atoms with Crippen molar-refractivity contribution < 1.29 is 33.4 Å². The van der Waals surface area contributed by atoms with Crippen LogP contribution < -0.4 is 10.1 Å². The van der Waals surface area contributed by atoms with Gasteiger partial charge in [0.2, 0.25) is 5.91 Å². The van der Waals surface area contributed by atoms with Gasteiger partial charge in [-0.1, -0.05) is 89.9 Å². The summed E-state index contributed by atoms with van der Waals surface area (Å²) in [6.45, 7) is 27.3. The Bertz CT molecular complexity index is 1590. The summed E-state index contributed by atoms with van der Waals surface area (Å²) in [6.07, 6.45) is 6.75. The third kappa shape index (κ3) is 9.36. The van der Waals surface area contributed by atoms with Crippen LogP contribution in [0.4, 0.5) is 4.79 Å². The van der Waals surface area contributed by atoms with Crippen molar-refractivity contribution in [3.05, 3.63) is 57.7 Å². The summed E-state index contributed by atoms with van der Waals surface area (Å²) in [4.78, 5) is 42.9. The highest BCUT2D eigenvalue weighted by atomic mass is 32.2. The van der Waals surface area contributed by atoms with Gasteiger partial charge in [0.1, 0.15) is 22.6 Å². The molecule has 0 spiro atoms. The molecule has 4 rings (SSSR count). The quantitative estimate of drug-likeness (QED) is 0.0599. The van der Waals surface area contributed by atoms with Gasteiger partial charge in [0, 0.05) is 16.4 Å². The van der Waals surface area contributed by atoms with Crippen LogP contribution in [-0.2, 0) is 25.2 Å². The van der Waals surface area contributed by atoms with Gasteiger partial charge in [-0.3, -0.25) is 9.69 Å². The van der Waals surface area contributed by atoms with Crippen molar-refractivity contribution >= 4 is 38.0 Å². The number of amides is 2. The van der Waals surface area contributed by atoms with Crippen LogP contribution in [0.1, 0.15) is 111 Å². The molecule has 1 aromatic carbocycles. The number of esters is 1. The summed E-state index contributed by atoms with van der Waals surface area (Å²) in [7, 11) is -2.17. The minimum Gasteiger partial charge on any atom is -0.507 e. The van der Waals surface area contributed by atoms with Crippen molar-refractivity contribution in [3.63, 3.8) is 0 Å². The lowest BCUT2D eigenvalue weighted by molar-refractivity contribution is -0.158. The highest BCUT2D eigenvalue weighted by molar-refractivity contribution is 8.04. The number of fused-ring (bicyclic) bond motifs is 1. The number of nitrogens with zero attached hydrogens (tertiary/aromatic N) is 1. The van der Waals surface area contributed by atoms with E-state index in [2.05, 4.69) is 65.7 Å². The Labute approximate surface area is 317 Å². The van der Waals surface area contributed by atoms with Crippen LogP contribution in [0.2, 0.25) is 18.1 Å². The summed E-state index contributed by atoms with van der Waals surface area (Å²) < 4.78 is 18.3. The molecule has 1 aromatic rings. The molecule has 2 amide bonds. The van der Waals surface area contributed by atoms with Gasteiger partial charge in [0.15, 0.2) is 8.32 Å². The first-order valence-electron chi connectivity index (χ1n) is 19.0. The second-order valence-electron chi connectivity index (χ2n) is 16.8. The lowest BCUT2D eigenvalue weighted by Crippen LogP contribution is -2.62. The number of phenols is 1. The summed E-state index contributed by atoms with van der Waals surface area (Å²) in [6, 6.07) is 3.67. The van der Waals surface area contributed by atoms with Gasteiger partial charge in [-0.05, 0) is 94.1 Å². The first-order chi connectivity index (χ1) is 24.3. The lowest BCUT2D eigenvalue weighted by Gasteiger charge is -2.48. The van der Waals surface area contributed by atoms with Crippen LogP contribution in [0.3, 0.4) is 0 Å². The van der Waals surface area contributed by atoms with E-state index in [0.29, 0.717) is 16.2 Å². The molecule has 52 heavy (non-hydrogen) atoms. The molecule has 2 heterocycles. The molecule has 288 valence electrons. The van der Waals surface area contributed by atoms with Crippen molar-refractivity contribution in [3.8, 4) is 11.5 Å². The monoisotopic (exact) mass is 754 g/mol. The van der Waals surface area contributed by atoms with E-state index in [0.717, 1.165) is 49.7 Å². The highest BCUT2D eigenvalue weighted by Gasteiger charge is 2.59. The fraction of sp³-hybridized carbons (Fsp3) is 0.634. The fourth-order valence-corrected chi connectivity index (χ4v) is 9.96. The van der Waals surface area contributed by atoms with E-state index in [9.17, 15) is 19.5 Å². The van der Waals surface area contributed by atoms with Crippen LogP contribution in [0, 0.1) is 17.8 Å². The zero-order chi connectivity index (χ0) is 38.7. The van der Waals surface area contributed by atoms with Gasteiger partial charge in [-0.25, -0.2) is 9.59 Å². The molecule has 3 aliphatic rings. The van der Waals surface area contributed by atoms with Gasteiger partial charge in [0.25, 0.3) is 0 Å². The summed E-state index contributed by atoms with van der Waals surface area (Å²) in [5.41, 5.74) is 3.86. The van der Waals surface area contributed by atoms with E-state index in [1.807, 2.05) is 33.8 Å². The Morgan fingerprint density at radius 1 is 1.17 bits per heavy atom. The predicted octanol–water partition coefficient (Wildman–Crippen LogP) is 9.58. The molecule has 2 aliphatic heterocycles. The van der Waals surface area contributed by atoms with Crippen LogP contribution in [-0.4, -0.2) is 60.9 Å². The maximum Gasteiger partial charge on any atom is 0.412 e. The largest absolute Gasteiger partial charge is 0.507 e. The number of hydrogen-bond acceptors (Lipinski definition) is 8. The fourth-order valence-electron chi connectivity index (χ4n) is 6.99. The summed E-state index contributed by atoms with van der Waals surface area (Å²) in [5, 5.41) is 13.9. The number of carbonyl (C=O) groups excluding carboxylic acids is 3. The van der Waals surface area contributed by atoms with E-state index in [1.54, 1.807) is 6.07 Å². The number of rotatable bonds is 15. The SMILES string of the molecule is C=C(C)[C@@H]1CCC(C)=C[C@H]1c1c(O)cc(CCCCC)cc1OC(=O)NCC1=C(C(=O)OCC(C)C)N2C(=O)[C@H]([C@@H](C)O[Si](C)(C)C(C)(C)C)C2S1. The second kappa shape index (κ2) is 17.0. The Hall–Kier alpha value is -3.02. The molecule has 2 N–H and O–H groups in total. The average molecular weight is 755 g/mol. The Morgan fingerprint density at radius 2 is 1.87 bits per heavy atom. The van der Waals surface area contributed by atoms with Crippen molar-refractivity contribution in [2.24, 2.45) is 17.8 Å². The van der Waals surface area contributed by atoms with Gasteiger partial charge in [-0.2, -0.15) is 0 Å². The number of phenolic OH excluding ortho intramolecular Hbond substituents is 1. The van der Waals surface area contributed by atoms with Crippen molar-refractivity contribution in [1.29, 1.82) is 0 Å². The minimum atomic E-state index is -2.17. The van der Waals surface area contributed by atoms with Crippen LogP contribution >= 0.6 is 11.8 Å². The number of unbranched alkanes of at least 4 members (excludes halogenated alkanes) is 2. The smallest absolute Gasteiger partial charge is 0.412 e. The number of allylic oxidation sites excluding steroid dienone is 3. The number of aryl methyl sites for hydroxylation is 1. The van der Waals surface area contributed by atoms with Crippen molar-refractivity contribution in [2.45, 2.75) is 136 Å². The molecule has 0 aromatic heterocycles. The number of hydrogen-bond donors (Lipinski definition) is 2. The van der Waals surface area contributed by atoms with E-state index < -0.39 is 26.3 Å². The number of ether oxygens (including phenoxy) is 2. The summed E-state index contributed by atoms with van der Waals surface area (Å²) in [5.74, 6) is -0.793. The standard InChI is InChI=1S/C41H62N2O7SSi/c1-13-14-15-16-28-20-31(44)35(30-19-26(6)17-18-29(30)25(4)5)32(21-28)49-40(47)42-22-33-36(39(46)48-23-24(2)3)43-37(45)34(38(43)51-33)27(7)50-52(11,12)41(8,9)10/h19-21,24,27,29-30,34,38,44H,4,13-18,22-23H2,1-3,5-12H3,(H,42,47)/t27-,29+,30-,34+,38?/m1/s1. The van der Waals surface area contributed by atoms with Crippen molar-refractivity contribution in [1.82, 2.24) is 10.2 Å². The Morgan fingerprint density at radius 3 is 2.48 bits per heavy atom. The Balaban J connectivity index is 1.60. The number of thioether (sulfide) groups is 1. The molecule has 1 aliphatic carbocycles. The maximum absolute atomic E-state index is 13.7. The first kappa shape index (κ1) is 41.7. The number of aromatic hydroxyl groups is 1. The zero-order valence-electron chi connectivity index (χ0n) is 33.3. The topological polar surface area (TPSA) is 114 Å². The van der Waals surface area contributed by atoms with Gasteiger partial charge < -0.3 is 24.3 Å². The molecular weight excluding hydrogens is 693 g/mol. The maximum atomic E-state index is 13.7. The minimum absolute atomic E-state index is 0.0285. The second-order valence-corrected chi connectivity index (χ2v) is 22.8. The molecule has 0 radical (unpaired) electrons. The first-order valence-corrected chi connectivity index (χ1v) is 22.8. The zero-order valence-corrected chi connectivity index (χ0v) is 35.1. The molecule has 9 nitrogen and oxygen atoms in total. The lowest BCUT2D eigenvalue weighted by atomic mass is 9.73. The Kier molecular flexibility index (Phi) is 13.6. The summed E-state index contributed by atoms with van der Waals surface area (Å²) >= 11 is 1.39. The molecule has 0 bridgehead atoms. The van der Waals surface area contributed by atoms with E-state index in [-0.39, 0.29) is 64.8 Å². The highest BCUT2D eigenvalue weighted by Crippen LogP contribution is 2.52. The van der Waals surface area contributed by atoms with Gasteiger partial charge in [0.05, 0.1) is 25.2 Å². The molecule has 5 atom stereocenters. The molecule has 11 heteroatoms. The molecule has 0 saturated carbocycles. The van der Waals surface area contributed by atoms with Crippen LogP contribution in [0.5, 0.6) is 11.5 Å². The van der Waals surface area contributed by atoms with Gasteiger partial charge >= 0.3 is 12.1 Å². The van der Waals surface area contributed by atoms with E-state index in [4.69, 9.17) is 13.9 Å². The number of benzene rings is 1. The molecule has 1 saturated heterocycles. The molecule has 1 fully saturated rings. The van der Waals surface area contributed by atoms with Gasteiger partial charge in [-0.15, -0.1) is 0 Å². The third-order valence-corrected chi connectivity index (χ3v) is 16.9. The third-order valence-electron chi connectivity index (χ3n) is 10.9. The van der Waals surface area contributed by atoms with E-state index >= 15 is 0 Å². The average Bonchev–Trinajstić information content (AvgIpc) is 3.35. The van der Waals surface area contributed by atoms with Crippen LogP contribution in [0.15, 0.2) is 46.5 Å². The predicted molar refractivity (Wildman–Crippen MR) is 212 cm³/mol.